The molecule has 0 aromatic heterocycles. The summed E-state index contributed by atoms with van der Waals surface area (Å²) in [5.41, 5.74) is 7.69. The van der Waals surface area contributed by atoms with E-state index in [0.717, 1.165) is 0 Å². The van der Waals surface area contributed by atoms with Gasteiger partial charge in [0.25, 0.3) is 11.4 Å². The lowest BCUT2D eigenvalue weighted by Crippen LogP contribution is -1.95. The van der Waals surface area contributed by atoms with Gasteiger partial charge in [0, 0.05) is 35.4 Å². The maximum atomic E-state index is 10.7. The molecule has 3 aromatic rings. The first-order valence-electron chi connectivity index (χ1n) is 8.89. The van der Waals surface area contributed by atoms with Gasteiger partial charge < -0.3 is 0 Å². The summed E-state index contributed by atoms with van der Waals surface area (Å²) in [6, 6.07) is 14.8. The molecule has 0 saturated carbocycles. The zero-order valence-electron chi connectivity index (χ0n) is 16.1. The van der Waals surface area contributed by atoms with Crippen LogP contribution in [0.4, 0.5) is 22.7 Å². The molecular formula is C20H14Cl2N6O4. The first-order chi connectivity index (χ1) is 15.3. The average molecular weight is 473 g/mol. The van der Waals surface area contributed by atoms with Gasteiger partial charge in [-0.05, 0) is 36.4 Å². The van der Waals surface area contributed by atoms with Gasteiger partial charge in [0.15, 0.2) is 0 Å². The van der Waals surface area contributed by atoms with Crippen LogP contribution >= 0.6 is 23.2 Å². The Morgan fingerprint density at radius 1 is 0.688 bits per heavy atom. The van der Waals surface area contributed by atoms with Crippen LogP contribution in [-0.2, 0) is 0 Å². The second kappa shape index (κ2) is 10.3. The number of anilines is 2. The summed E-state index contributed by atoms with van der Waals surface area (Å²) in [6.07, 6.45) is 2.93. The van der Waals surface area contributed by atoms with Crippen LogP contribution in [0.2, 0.25) is 10.0 Å². The SMILES string of the molecule is O=[N+]([O-])c1ccc(NN=Cc2cc(Cl)c(/C=N/Nc3ccc([N+](=O)[O-])cc3)cc2Cl)cc1. The molecule has 3 rings (SSSR count). The Bertz CT molecular complexity index is 1100. The molecule has 0 atom stereocenters. The van der Waals surface area contributed by atoms with Crippen molar-refractivity contribution < 1.29 is 9.85 Å². The van der Waals surface area contributed by atoms with E-state index in [1.165, 1.54) is 61.0 Å². The third kappa shape index (κ3) is 6.00. The van der Waals surface area contributed by atoms with E-state index < -0.39 is 9.85 Å². The summed E-state index contributed by atoms with van der Waals surface area (Å²) >= 11 is 12.6. The van der Waals surface area contributed by atoms with Crippen LogP contribution in [0.1, 0.15) is 11.1 Å². The minimum Gasteiger partial charge on any atom is -0.278 e. The highest BCUT2D eigenvalue weighted by molar-refractivity contribution is 6.36. The van der Waals surface area contributed by atoms with Gasteiger partial charge in [0.05, 0.1) is 43.7 Å². The van der Waals surface area contributed by atoms with Crippen LogP contribution in [-0.4, -0.2) is 22.3 Å². The van der Waals surface area contributed by atoms with Crippen LogP contribution in [0.25, 0.3) is 0 Å². The largest absolute Gasteiger partial charge is 0.278 e. The lowest BCUT2D eigenvalue weighted by Gasteiger charge is -2.05. The van der Waals surface area contributed by atoms with E-state index in [0.29, 0.717) is 32.5 Å². The van der Waals surface area contributed by atoms with Gasteiger partial charge in [-0.25, -0.2) is 0 Å². The zero-order chi connectivity index (χ0) is 23.1. The Kier molecular flexibility index (Phi) is 7.32. The minimum absolute atomic E-state index is 0.0188. The van der Waals surface area contributed by atoms with E-state index in [1.54, 1.807) is 12.1 Å². The lowest BCUT2D eigenvalue weighted by molar-refractivity contribution is -0.385. The van der Waals surface area contributed by atoms with Crippen molar-refractivity contribution in [1.82, 2.24) is 0 Å². The fraction of sp³-hybridized carbons (Fsp3) is 0. The summed E-state index contributed by atoms with van der Waals surface area (Å²) in [5, 5.41) is 30.2. The molecule has 0 radical (unpaired) electrons. The molecule has 10 nitrogen and oxygen atoms in total. The second-order valence-corrected chi connectivity index (χ2v) is 7.06. The lowest BCUT2D eigenvalue weighted by atomic mass is 10.1. The van der Waals surface area contributed by atoms with Gasteiger partial charge in [-0.1, -0.05) is 23.2 Å². The Hall–Kier alpha value is -4.02. The van der Waals surface area contributed by atoms with E-state index in [4.69, 9.17) is 23.2 Å². The van der Waals surface area contributed by atoms with Crippen molar-refractivity contribution in [3.63, 3.8) is 0 Å². The van der Waals surface area contributed by atoms with E-state index >= 15 is 0 Å². The molecule has 0 aliphatic carbocycles. The molecule has 3 aromatic carbocycles. The monoisotopic (exact) mass is 472 g/mol. The molecule has 32 heavy (non-hydrogen) atoms. The number of nitro benzene ring substituents is 2. The smallest absolute Gasteiger partial charge is 0.269 e. The van der Waals surface area contributed by atoms with Crippen molar-refractivity contribution in [3.8, 4) is 0 Å². The highest BCUT2D eigenvalue weighted by atomic mass is 35.5. The molecule has 0 heterocycles. The van der Waals surface area contributed by atoms with Crippen LogP contribution in [0.3, 0.4) is 0 Å². The number of hydrogen-bond donors (Lipinski definition) is 2. The highest BCUT2D eigenvalue weighted by Gasteiger charge is 2.06. The van der Waals surface area contributed by atoms with Crippen LogP contribution in [0.15, 0.2) is 70.9 Å². The van der Waals surface area contributed by atoms with Crippen molar-refractivity contribution in [2.75, 3.05) is 10.9 Å². The second-order valence-electron chi connectivity index (χ2n) is 6.24. The predicted molar refractivity (Wildman–Crippen MR) is 125 cm³/mol. The van der Waals surface area contributed by atoms with E-state index in [9.17, 15) is 20.2 Å². The van der Waals surface area contributed by atoms with Crippen LogP contribution in [0.5, 0.6) is 0 Å². The maximum absolute atomic E-state index is 10.7. The molecule has 0 bridgehead atoms. The fourth-order valence-corrected chi connectivity index (χ4v) is 2.89. The molecule has 2 N–H and O–H groups in total. The molecule has 0 fully saturated rings. The molecule has 12 heteroatoms. The maximum Gasteiger partial charge on any atom is 0.269 e. The molecule has 0 unspecified atom stereocenters. The Morgan fingerprint density at radius 3 is 1.34 bits per heavy atom. The number of hydrogen-bond acceptors (Lipinski definition) is 8. The fourth-order valence-electron chi connectivity index (χ4n) is 2.44. The number of benzene rings is 3. The minimum atomic E-state index is -0.485. The quantitative estimate of drug-likeness (QED) is 0.245. The third-order valence-corrected chi connectivity index (χ3v) is 4.72. The number of nitrogens with one attached hydrogen (secondary N) is 2. The van der Waals surface area contributed by atoms with Crippen molar-refractivity contribution in [2.45, 2.75) is 0 Å². The molecule has 162 valence electrons. The first kappa shape index (κ1) is 22.7. The first-order valence-corrected chi connectivity index (χ1v) is 9.65. The van der Waals surface area contributed by atoms with Crippen molar-refractivity contribution in [2.24, 2.45) is 10.2 Å². The molecule has 0 aliphatic heterocycles. The zero-order valence-corrected chi connectivity index (χ0v) is 17.6. The molecule has 0 amide bonds. The van der Waals surface area contributed by atoms with E-state index in [-0.39, 0.29) is 11.4 Å². The van der Waals surface area contributed by atoms with Crippen LogP contribution < -0.4 is 10.9 Å². The standard InChI is InChI=1S/C20H14Cl2N6O4/c21-19-10-14(12-24-26-16-3-7-18(8-4-16)28(31)32)20(22)9-13(19)11-23-25-15-1-5-17(6-2-15)27(29)30/h1-12,25-26H/b23-11+,24-12?. The van der Waals surface area contributed by atoms with Gasteiger partial charge in [0.1, 0.15) is 0 Å². The van der Waals surface area contributed by atoms with Crippen molar-refractivity contribution in [3.05, 3.63) is 102 Å². The molecular weight excluding hydrogens is 459 g/mol. The van der Waals surface area contributed by atoms with Gasteiger partial charge in [-0.15, -0.1) is 0 Å². The summed E-state index contributed by atoms with van der Waals surface area (Å²) in [4.78, 5) is 20.4. The Labute approximate surface area is 191 Å². The summed E-state index contributed by atoms with van der Waals surface area (Å²) < 4.78 is 0. The Balaban J connectivity index is 1.63. The predicted octanol–water partition coefficient (Wildman–Crippen LogP) is 5.70. The van der Waals surface area contributed by atoms with Crippen molar-refractivity contribution >= 4 is 58.4 Å². The van der Waals surface area contributed by atoms with E-state index in [1.807, 2.05) is 0 Å². The van der Waals surface area contributed by atoms with Gasteiger partial charge in [0.2, 0.25) is 0 Å². The molecule has 0 saturated heterocycles. The molecule has 0 aliphatic rings. The topological polar surface area (TPSA) is 135 Å². The number of hydrazone groups is 2. The van der Waals surface area contributed by atoms with Crippen molar-refractivity contribution in [1.29, 1.82) is 0 Å². The number of nitro groups is 2. The van der Waals surface area contributed by atoms with Crippen LogP contribution in [0, 0.1) is 20.2 Å². The summed E-state index contributed by atoms with van der Waals surface area (Å²) in [6.45, 7) is 0. The normalized spacial score (nSPS) is 11.1. The number of nitrogens with zero attached hydrogens (tertiary/aromatic N) is 4. The third-order valence-electron chi connectivity index (χ3n) is 4.07. The number of non-ortho nitro benzene ring substituents is 2. The average Bonchev–Trinajstić information content (AvgIpc) is 2.77. The number of rotatable bonds is 8. The number of halogens is 2. The van der Waals surface area contributed by atoms with E-state index in [2.05, 4.69) is 21.1 Å². The van der Waals surface area contributed by atoms with Gasteiger partial charge in [-0.2, -0.15) is 10.2 Å². The summed E-state index contributed by atoms with van der Waals surface area (Å²) in [5.74, 6) is 0. The summed E-state index contributed by atoms with van der Waals surface area (Å²) in [7, 11) is 0. The highest BCUT2D eigenvalue weighted by Crippen LogP contribution is 2.24. The van der Waals surface area contributed by atoms with Gasteiger partial charge >= 0.3 is 0 Å². The molecule has 0 spiro atoms. The Morgan fingerprint density at radius 2 is 1.03 bits per heavy atom. The van der Waals surface area contributed by atoms with Gasteiger partial charge in [-0.3, -0.25) is 31.1 Å².